The molecule has 1 atom stereocenters. The van der Waals surface area contributed by atoms with Crippen molar-refractivity contribution < 1.29 is 4.79 Å². The molecule has 25 heavy (non-hydrogen) atoms. The topological polar surface area (TPSA) is 60.2 Å². The van der Waals surface area contributed by atoms with E-state index in [9.17, 15) is 4.79 Å². The highest BCUT2D eigenvalue weighted by molar-refractivity contribution is 5.83. The van der Waals surface area contributed by atoms with E-state index in [1.165, 1.54) is 10.0 Å². The fourth-order valence-corrected chi connectivity index (χ4v) is 2.74. The number of aromatic nitrogens is 1. The van der Waals surface area contributed by atoms with E-state index in [0.717, 1.165) is 23.1 Å². The number of nitrogens with zero attached hydrogens (tertiary/aromatic N) is 4. The van der Waals surface area contributed by atoms with Crippen LogP contribution in [0.2, 0.25) is 0 Å². The van der Waals surface area contributed by atoms with Crippen molar-refractivity contribution in [2.45, 2.75) is 26.2 Å². The Morgan fingerprint density at radius 1 is 1.08 bits per heavy atom. The molecule has 0 bridgehead atoms. The molecule has 1 unspecified atom stereocenters. The molecule has 1 heterocycles. The lowest BCUT2D eigenvalue weighted by molar-refractivity contribution is -0.141. The van der Waals surface area contributed by atoms with E-state index >= 15 is 0 Å². The number of rotatable bonds is 6. The molecule has 0 spiro atoms. The third kappa shape index (κ3) is 4.57. The highest BCUT2D eigenvalue weighted by Crippen LogP contribution is 2.28. The summed E-state index contributed by atoms with van der Waals surface area (Å²) < 4.78 is 0. The van der Waals surface area contributed by atoms with Crippen LogP contribution in [0.1, 0.15) is 31.7 Å². The molecule has 0 saturated heterocycles. The number of carbonyl (C=O) groups excluding carboxylic acids is 1. The first-order valence-corrected chi connectivity index (χ1v) is 8.35. The number of amides is 1. The normalized spacial score (nSPS) is 11.7. The summed E-state index contributed by atoms with van der Waals surface area (Å²) in [6.45, 7) is 4.19. The average molecular weight is 336 g/mol. The maximum absolute atomic E-state index is 12.9. The molecule has 130 valence electrons. The summed E-state index contributed by atoms with van der Waals surface area (Å²) in [4.78, 5) is 16.9. The number of likely N-dealkylation sites (N-methyl/N-ethyl adjacent to an activating group) is 1. The Balaban J connectivity index is 2.29. The molecular formula is C20H24N4O. The zero-order chi connectivity index (χ0) is 18.4. The maximum Gasteiger partial charge on any atom is 0.248 e. The number of hydrogen-bond donors (Lipinski definition) is 0. The van der Waals surface area contributed by atoms with E-state index in [0.29, 0.717) is 5.92 Å². The second-order valence-electron chi connectivity index (χ2n) is 6.53. The Morgan fingerprint density at radius 3 is 2.16 bits per heavy atom. The number of nitriles is 1. The van der Waals surface area contributed by atoms with Gasteiger partial charge in [0.05, 0.1) is 5.92 Å². The lowest BCUT2D eigenvalue weighted by Gasteiger charge is -2.28. The lowest BCUT2D eigenvalue weighted by atomic mass is 9.88. The standard InChI is InChI=1S/C20H24N4O/c1-15(2)13-19(20(25)24(4)23(3)14-21)18-7-5-16(6-8-18)17-9-11-22-12-10-17/h5-12,15,19H,13H2,1-4H3. The van der Waals surface area contributed by atoms with E-state index in [-0.39, 0.29) is 11.8 Å². The third-order valence-corrected chi connectivity index (χ3v) is 4.25. The Morgan fingerprint density at radius 2 is 1.64 bits per heavy atom. The van der Waals surface area contributed by atoms with Gasteiger partial charge in [0.1, 0.15) is 0 Å². The Hall–Kier alpha value is -2.87. The van der Waals surface area contributed by atoms with Crippen LogP contribution >= 0.6 is 0 Å². The van der Waals surface area contributed by atoms with E-state index < -0.39 is 0 Å². The predicted molar refractivity (Wildman–Crippen MR) is 98.0 cm³/mol. The highest BCUT2D eigenvalue weighted by Gasteiger charge is 2.26. The molecule has 2 aromatic rings. The minimum absolute atomic E-state index is 0.0746. The maximum atomic E-state index is 12.9. The van der Waals surface area contributed by atoms with Crippen LogP contribution in [0.25, 0.3) is 11.1 Å². The lowest BCUT2D eigenvalue weighted by Crippen LogP contribution is -2.41. The van der Waals surface area contributed by atoms with Gasteiger partial charge < -0.3 is 0 Å². The fraction of sp³-hybridized carbons (Fsp3) is 0.350. The van der Waals surface area contributed by atoms with Gasteiger partial charge in [0.2, 0.25) is 5.91 Å². The van der Waals surface area contributed by atoms with Gasteiger partial charge in [-0.1, -0.05) is 38.1 Å². The Kier molecular flexibility index (Phi) is 6.13. The summed E-state index contributed by atoms with van der Waals surface area (Å²) in [5, 5.41) is 11.7. The first kappa shape index (κ1) is 18.5. The van der Waals surface area contributed by atoms with Crippen molar-refractivity contribution >= 4 is 5.91 Å². The van der Waals surface area contributed by atoms with Gasteiger partial charge in [-0.05, 0) is 41.2 Å². The molecule has 1 aromatic carbocycles. The highest BCUT2D eigenvalue weighted by atomic mass is 16.2. The molecule has 0 N–H and O–H groups in total. The monoisotopic (exact) mass is 336 g/mol. The molecule has 5 heteroatoms. The van der Waals surface area contributed by atoms with Crippen LogP contribution in [0.15, 0.2) is 48.8 Å². The molecule has 1 aromatic heterocycles. The van der Waals surface area contributed by atoms with Crippen LogP contribution in [0, 0.1) is 17.4 Å². The molecule has 2 rings (SSSR count). The van der Waals surface area contributed by atoms with Crippen LogP contribution in [0.4, 0.5) is 0 Å². The smallest absolute Gasteiger partial charge is 0.248 e. The SMILES string of the molecule is CC(C)CC(C(=O)N(C)N(C)C#N)c1ccc(-c2ccncc2)cc1. The van der Waals surface area contributed by atoms with Crippen molar-refractivity contribution in [3.05, 3.63) is 54.4 Å². The minimum atomic E-state index is -0.271. The quantitative estimate of drug-likeness (QED) is 0.459. The third-order valence-electron chi connectivity index (χ3n) is 4.25. The molecule has 5 nitrogen and oxygen atoms in total. The van der Waals surface area contributed by atoms with E-state index in [1.807, 2.05) is 42.6 Å². The second-order valence-corrected chi connectivity index (χ2v) is 6.53. The van der Waals surface area contributed by atoms with Crippen molar-refractivity contribution in [1.82, 2.24) is 15.0 Å². The van der Waals surface area contributed by atoms with Crippen LogP contribution < -0.4 is 0 Å². The first-order valence-electron chi connectivity index (χ1n) is 8.35. The van der Waals surface area contributed by atoms with Crippen molar-refractivity contribution in [3.63, 3.8) is 0 Å². The Labute approximate surface area is 149 Å². The summed E-state index contributed by atoms with van der Waals surface area (Å²) in [6, 6.07) is 12.0. The molecule has 0 aliphatic heterocycles. The van der Waals surface area contributed by atoms with Gasteiger partial charge in [-0.25, -0.2) is 10.0 Å². The van der Waals surface area contributed by atoms with Crippen LogP contribution in [-0.2, 0) is 4.79 Å². The van der Waals surface area contributed by atoms with E-state index in [1.54, 1.807) is 26.5 Å². The summed E-state index contributed by atoms with van der Waals surface area (Å²) in [5.74, 6) is 0.0244. The van der Waals surface area contributed by atoms with Crippen molar-refractivity contribution in [1.29, 1.82) is 5.26 Å². The van der Waals surface area contributed by atoms with Gasteiger partial charge in [-0.3, -0.25) is 9.78 Å². The van der Waals surface area contributed by atoms with Gasteiger partial charge in [0.15, 0.2) is 6.19 Å². The van der Waals surface area contributed by atoms with Crippen molar-refractivity contribution in [2.75, 3.05) is 14.1 Å². The van der Waals surface area contributed by atoms with Crippen LogP contribution in [0.5, 0.6) is 0 Å². The van der Waals surface area contributed by atoms with Gasteiger partial charge in [-0.2, -0.15) is 5.26 Å². The van der Waals surface area contributed by atoms with Gasteiger partial charge in [0.25, 0.3) is 0 Å². The van der Waals surface area contributed by atoms with Gasteiger partial charge in [0, 0.05) is 26.5 Å². The van der Waals surface area contributed by atoms with Gasteiger partial charge in [-0.15, -0.1) is 0 Å². The summed E-state index contributed by atoms with van der Waals surface area (Å²) in [6.07, 6.45) is 6.23. The molecule has 0 radical (unpaired) electrons. The number of pyridine rings is 1. The zero-order valence-corrected chi connectivity index (χ0v) is 15.2. The fourth-order valence-electron chi connectivity index (χ4n) is 2.74. The molecule has 1 amide bonds. The molecule has 0 saturated carbocycles. The molecule has 0 fully saturated rings. The summed E-state index contributed by atoms with van der Waals surface area (Å²) in [7, 11) is 3.21. The van der Waals surface area contributed by atoms with Crippen LogP contribution in [0.3, 0.4) is 0 Å². The molecule has 0 aliphatic carbocycles. The minimum Gasteiger partial charge on any atom is -0.272 e. The second kappa shape index (κ2) is 8.29. The first-order chi connectivity index (χ1) is 11.9. The number of benzene rings is 1. The van der Waals surface area contributed by atoms with E-state index in [2.05, 4.69) is 18.8 Å². The molecule has 0 aliphatic rings. The van der Waals surface area contributed by atoms with E-state index in [4.69, 9.17) is 5.26 Å². The van der Waals surface area contributed by atoms with Crippen molar-refractivity contribution in [3.8, 4) is 17.3 Å². The summed E-state index contributed by atoms with van der Waals surface area (Å²) in [5.41, 5.74) is 3.15. The van der Waals surface area contributed by atoms with Crippen LogP contribution in [-0.4, -0.2) is 35.0 Å². The average Bonchev–Trinajstić information content (AvgIpc) is 2.65. The molecular weight excluding hydrogens is 312 g/mol. The zero-order valence-electron chi connectivity index (χ0n) is 15.2. The Bertz CT molecular complexity index is 735. The van der Waals surface area contributed by atoms with Gasteiger partial charge >= 0.3 is 0 Å². The largest absolute Gasteiger partial charge is 0.272 e. The van der Waals surface area contributed by atoms with Crippen molar-refractivity contribution in [2.24, 2.45) is 5.92 Å². The predicted octanol–water partition coefficient (Wildman–Crippen LogP) is 3.66. The number of hydrazine groups is 1. The number of hydrogen-bond acceptors (Lipinski definition) is 4. The summed E-state index contributed by atoms with van der Waals surface area (Å²) >= 11 is 0. The number of carbonyl (C=O) groups is 1.